The van der Waals surface area contributed by atoms with Gasteiger partial charge < -0.3 is 14.7 Å². The van der Waals surface area contributed by atoms with Crippen molar-refractivity contribution in [2.45, 2.75) is 12.5 Å². The highest BCUT2D eigenvalue weighted by atomic mass is 79.9. The maximum Gasteiger partial charge on any atom is 0.280 e. The summed E-state index contributed by atoms with van der Waals surface area (Å²) < 4.78 is 6.07. The first-order valence-electron chi connectivity index (χ1n) is 8.45. The highest BCUT2D eigenvalue weighted by molar-refractivity contribution is 9.10. The largest absolute Gasteiger partial charge is 0.475 e. The smallest absolute Gasteiger partial charge is 0.280 e. The van der Waals surface area contributed by atoms with E-state index in [-0.39, 0.29) is 18.0 Å². The van der Waals surface area contributed by atoms with Crippen LogP contribution < -0.4 is 15.2 Å². The molecular weight excluding hydrogens is 448 g/mol. The van der Waals surface area contributed by atoms with Gasteiger partial charge in [-0.15, -0.1) is 5.10 Å². The fourth-order valence-electron chi connectivity index (χ4n) is 2.60. The molecule has 1 aromatic carbocycles. The lowest BCUT2D eigenvalue weighted by molar-refractivity contribution is 0.139. The Bertz CT molecular complexity index is 983. The molecule has 3 aromatic rings. The SMILES string of the molecule is CN(c1cccnc1)c1c(OCCC(O)c2ccc(Cl)cc2)n[nH]c(=O)c1Br. The predicted molar refractivity (Wildman–Crippen MR) is 111 cm³/mol. The summed E-state index contributed by atoms with van der Waals surface area (Å²) in [5.74, 6) is 0.237. The first-order chi connectivity index (χ1) is 13.5. The standard InChI is InChI=1S/C19H18BrClN4O3/c1-25(14-3-2-9-22-11-14)17-16(20)18(27)23-24-19(17)28-10-8-15(26)12-4-6-13(21)7-5-12/h2-7,9,11,15,26H,8,10H2,1H3,(H,23,27). The lowest BCUT2D eigenvalue weighted by Gasteiger charge is -2.22. The Balaban J connectivity index is 1.76. The monoisotopic (exact) mass is 464 g/mol. The normalized spacial score (nSPS) is 11.9. The Morgan fingerprint density at radius 1 is 1.32 bits per heavy atom. The number of ether oxygens (including phenoxy) is 1. The van der Waals surface area contributed by atoms with E-state index in [4.69, 9.17) is 16.3 Å². The summed E-state index contributed by atoms with van der Waals surface area (Å²) in [6.07, 6.45) is 2.97. The van der Waals surface area contributed by atoms with Crippen LogP contribution >= 0.6 is 27.5 Å². The maximum atomic E-state index is 12.0. The van der Waals surface area contributed by atoms with Gasteiger partial charge in [-0.2, -0.15) is 0 Å². The van der Waals surface area contributed by atoms with Crippen molar-refractivity contribution in [1.29, 1.82) is 0 Å². The third-order valence-electron chi connectivity index (χ3n) is 4.12. The number of halogens is 2. The van der Waals surface area contributed by atoms with Gasteiger partial charge in [-0.3, -0.25) is 9.78 Å². The molecule has 0 saturated heterocycles. The summed E-state index contributed by atoms with van der Waals surface area (Å²) in [4.78, 5) is 17.9. The van der Waals surface area contributed by atoms with Crippen LogP contribution in [0.2, 0.25) is 5.02 Å². The Morgan fingerprint density at radius 3 is 2.75 bits per heavy atom. The summed E-state index contributed by atoms with van der Waals surface area (Å²) in [6, 6.07) is 10.6. The number of nitrogens with zero attached hydrogens (tertiary/aromatic N) is 3. The zero-order valence-corrected chi connectivity index (χ0v) is 17.3. The molecule has 0 fully saturated rings. The Hall–Kier alpha value is -2.42. The van der Waals surface area contributed by atoms with Crippen molar-refractivity contribution in [3.05, 3.63) is 74.2 Å². The number of H-pyrrole nitrogens is 1. The summed E-state index contributed by atoms with van der Waals surface area (Å²) in [6.45, 7) is 0.198. The van der Waals surface area contributed by atoms with Gasteiger partial charge in [0.15, 0.2) is 0 Å². The Kier molecular flexibility index (Phi) is 6.66. The van der Waals surface area contributed by atoms with Crippen molar-refractivity contribution in [2.75, 3.05) is 18.6 Å². The lowest BCUT2D eigenvalue weighted by atomic mass is 10.1. The molecule has 0 amide bonds. The predicted octanol–water partition coefficient (Wildman–Crippen LogP) is 3.85. The molecule has 3 rings (SSSR count). The number of aromatic nitrogens is 3. The first kappa shape index (κ1) is 20.3. The number of hydrogen-bond acceptors (Lipinski definition) is 6. The van der Waals surface area contributed by atoms with Gasteiger partial charge in [0, 0.05) is 24.7 Å². The second-order valence-corrected chi connectivity index (χ2v) is 7.22. The molecule has 0 aliphatic carbocycles. The lowest BCUT2D eigenvalue weighted by Crippen LogP contribution is -2.20. The molecular formula is C19H18BrClN4O3. The van der Waals surface area contributed by atoms with E-state index in [2.05, 4.69) is 31.1 Å². The van der Waals surface area contributed by atoms with Crippen molar-refractivity contribution in [3.8, 4) is 5.88 Å². The van der Waals surface area contributed by atoms with Crippen molar-refractivity contribution >= 4 is 38.9 Å². The van der Waals surface area contributed by atoms with Gasteiger partial charge in [0.05, 0.1) is 24.6 Å². The second kappa shape index (κ2) is 9.18. The van der Waals surface area contributed by atoms with Gasteiger partial charge in [-0.1, -0.05) is 23.7 Å². The average molecular weight is 466 g/mol. The summed E-state index contributed by atoms with van der Waals surface area (Å²) in [7, 11) is 1.79. The van der Waals surface area contributed by atoms with Crippen molar-refractivity contribution < 1.29 is 9.84 Å². The van der Waals surface area contributed by atoms with Gasteiger partial charge in [0.1, 0.15) is 10.2 Å². The van der Waals surface area contributed by atoms with Gasteiger partial charge in [0.25, 0.3) is 11.4 Å². The summed E-state index contributed by atoms with van der Waals surface area (Å²) >= 11 is 9.17. The molecule has 28 heavy (non-hydrogen) atoms. The fourth-order valence-corrected chi connectivity index (χ4v) is 3.25. The Labute approximate surface area is 175 Å². The number of aromatic amines is 1. The van der Waals surface area contributed by atoms with Crippen LogP contribution in [0.3, 0.4) is 0 Å². The van der Waals surface area contributed by atoms with Gasteiger partial charge in [-0.25, -0.2) is 5.10 Å². The highest BCUT2D eigenvalue weighted by Crippen LogP contribution is 2.35. The number of aliphatic hydroxyl groups excluding tert-OH is 1. The van der Waals surface area contributed by atoms with Crippen LogP contribution in [0.5, 0.6) is 5.88 Å². The minimum Gasteiger partial charge on any atom is -0.475 e. The number of nitrogens with one attached hydrogen (secondary N) is 1. The average Bonchev–Trinajstić information content (AvgIpc) is 2.71. The van der Waals surface area contributed by atoms with Gasteiger partial charge in [-0.05, 0) is 45.8 Å². The van der Waals surface area contributed by atoms with E-state index < -0.39 is 6.10 Å². The molecule has 0 aliphatic heterocycles. The van der Waals surface area contributed by atoms with Gasteiger partial charge in [0.2, 0.25) is 0 Å². The third-order valence-corrected chi connectivity index (χ3v) is 5.11. The van der Waals surface area contributed by atoms with E-state index >= 15 is 0 Å². The number of pyridine rings is 1. The molecule has 0 radical (unpaired) electrons. The second-order valence-electron chi connectivity index (χ2n) is 6.00. The molecule has 146 valence electrons. The van der Waals surface area contributed by atoms with E-state index in [9.17, 15) is 9.90 Å². The molecule has 2 aromatic heterocycles. The van der Waals surface area contributed by atoms with Crippen LogP contribution in [-0.2, 0) is 0 Å². The Morgan fingerprint density at radius 2 is 2.07 bits per heavy atom. The van der Waals surface area contributed by atoms with E-state index in [1.165, 1.54) is 0 Å². The summed E-state index contributed by atoms with van der Waals surface area (Å²) in [5, 5.41) is 17.3. The van der Waals surface area contributed by atoms with Crippen molar-refractivity contribution in [2.24, 2.45) is 0 Å². The van der Waals surface area contributed by atoms with Crippen LogP contribution in [0.4, 0.5) is 11.4 Å². The van der Waals surface area contributed by atoms with Crippen molar-refractivity contribution in [3.63, 3.8) is 0 Å². The number of aliphatic hydroxyl groups is 1. The number of anilines is 2. The molecule has 1 atom stereocenters. The quantitative estimate of drug-likeness (QED) is 0.551. The van der Waals surface area contributed by atoms with Crippen LogP contribution in [0.25, 0.3) is 0 Å². The zero-order valence-electron chi connectivity index (χ0n) is 15.0. The molecule has 0 aliphatic rings. The van der Waals surface area contributed by atoms with Crippen LogP contribution in [-0.4, -0.2) is 33.9 Å². The van der Waals surface area contributed by atoms with E-state index in [1.54, 1.807) is 54.7 Å². The third kappa shape index (κ3) is 4.70. The van der Waals surface area contributed by atoms with Crippen LogP contribution in [0.15, 0.2) is 58.1 Å². The van der Waals surface area contributed by atoms with E-state index in [0.717, 1.165) is 11.3 Å². The topological polar surface area (TPSA) is 91.3 Å². The molecule has 1 unspecified atom stereocenters. The van der Waals surface area contributed by atoms with Gasteiger partial charge >= 0.3 is 0 Å². The zero-order chi connectivity index (χ0) is 20.1. The fraction of sp³-hybridized carbons (Fsp3) is 0.211. The molecule has 0 bridgehead atoms. The van der Waals surface area contributed by atoms with E-state index in [0.29, 0.717) is 21.6 Å². The summed E-state index contributed by atoms with van der Waals surface area (Å²) in [5.41, 5.74) is 1.61. The van der Waals surface area contributed by atoms with Crippen molar-refractivity contribution in [1.82, 2.24) is 15.2 Å². The highest BCUT2D eigenvalue weighted by Gasteiger charge is 2.19. The van der Waals surface area contributed by atoms with E-state index in [1.807, 2.05) is 6.07 Å². The minimum absolute atomic E-state index is 0.198. The molecule has 2 heterocycles. The van der Waals surface area contributed by atoms with Crippen LogP contribution in [0, 0.1) is 0 Å². The molecule has 0 saturated carbocycles. The minimum atomic E-state index is -0.706. The first-order valence-corrected chi connectivity index (χ1v) is 9.62. The molecule has 9 heteroatoms. The number of hydrogen-bond donors (Lipinski definition) is 2. The molecule has 7 nitrogen and oxygen atoms in total. The molecule has 2 N–H and O–H groups in total. The number of benzene rings is 1. The molecule has 0 spiro atoms. The maximum absolute atomic E-state index is 12.0. The number of rotatable bonds is 7. The van der Waals surface area contributed by atoms with Crippen LogP contribution in [0.1, 0.15) is 18.1 Å².